The second kappa shape index (κ2) is 12.6. The number of para-hydroxylation sites is 1. The van der Waals surface area contributed by atoms with Crippen LogP contribution in [0.4, 0.5) is 17.1 Å². The molecule has 4 rings (SSSR count). The number of rotatable bonds is 7. The molecule has 2 N–H and O–H groups in total. The topological polar surface area (TPSA) is 140 Å². The number of amides is 1. The van der Waals surface area contributed by atoms with Crippen molar-refractivity contribution < 1.29 is 57.2 Å². The molecule has 0 aliphatic heterocycles. The summed E-state index contributed by atoms with van der Waals surface area (Å²) < 4.78 is 38.9. The summed E-state index contributed by atoms with van der Waals surface area (Å²) in [5.74, 6) is -1.21. The zero-order valence-electron chi connectivity index (χ0n) is 21.0. The maximum atomic E-state index is 13.5. The molecule has 0 aliphatic rings. The SMILES string of the molecule is CCOc1cccc(Cl)c1NC(=O)c1cc2ccccc2c(N=Nc2c(S(=O)(=O)O)ccc(C)c2Cl)c1[O-].[Na+]. The number of halogens is 2. The van der Waals surface area contributed by atoms with E-state index in [4.69, 9.17) is 27.9 Å². The predicted octanol–water partition coefficient (Wildman–Crippen LogP) is 3.85. The van der Waals surface area contributed by atoms with Gasteiger partial charge < -0.3 is 15.2 Å². The minimum atomic E-state index is -4.70. The van der Waals surface area contributed by atoms with Gasteiger partial charge in [-0.3, -0.25) is 9.35 Å². The number of hydrogen-bond acceptors (Lipinski definition) is 7. The van der Waals surface area contributed by atoms with Crippen molar-refractivity contribution in [3.63, 3.8) is 0 Å². The molecule has 196 valence electrons. The standard InChI is InChI=1S/C26H21Cl2N3O6S.Na/c1-3-37-19-10-6-9-18(27)23(19)29-26(33)17-13-15-7-4-5-8-16(15)22(25(17)32)30-31-24-20(38(34,35)36)12-11-14(2)21(24)28;/h4-13,32H,3H2,1-2H3,(H,29,33)(H,34,35,36);/q;+1/p-1. The van der Waals surface area contributed by atoms with E-state index in [9.17, 15) is 22.9 Å². The molecule has 0 atom stereocenters. The van der Waals surface area contributed by atoms with Gasteiger partial charge in [0.15, 0.2) is 0 Å². The summed E-state index contributed by atoms with van der Waals surface area (Å²) in [6.45, 7) is 3.71. The summed E-state index contributed by atoms with van der Waals surface area (Å²) in [5.41, 5.74) is -0.161. The Morgan fingerprint density at radius 3 is 2.44 bits per heavy atom. The van der Waals surface area contributed by atoms with Crippen LogP contribution in [-0.4, -0.2) is 25.5 Å². The molecule has 4 aromatic carbocycles. The largest absolute Gasteiger partial charge is 1.00 e. The summed E-state index contributed by atoms with van der Waals surface area (Å²) in [6, 6.07) is 15.5. The van der Waals surface area contributed by atoms with Crippen molar-refractivity contribution in [2.24, 2.45) is 10.2 Å². The first-order valence-electron chi connectivity index (χ1n) is 11.2. The van der Waals surface area contributed by atoms with Crippen LogP contribution in [0.5, 0.6) is 11.5 Å². The molecule has 0 fully saturated rings. The van der Waals surface area contributed by atoms with Crippen molar-refractivity contribution in [3.8, 4) is 11.5 Å². The molecule has 1 amide bonds. The van der Waals surface area contributed by atoms with Crippen LogP contribution in [0.3, 0.4) is 0 Å². The zero-order valence-corrected chi connectivity index (χ0v) is 25.4. The average Bonchev–Trinajstić information content (AvgIpc) is 2.86. The Labute approximate surface area is 256 Å². The van der Waals surface area contributed by atoms with Crippen LogP contribution in [-0.2, 0) is 10.1 Å². The fourth-order valence-electron chi connectivity index (χ4n) is 3.71. The summed E-state index contributed by atoms with van der Waals surface area (Å²) in [6.07, 6.45) is 0. The molecule has 9 nitrogen and oxygen atoms in total. The van der Waals surface area contributed by atoms with Gasteiger partial charge in [0, 0.05) is 10.9 Å². The molecule has 0 unspecified atom stereocenters. The predicted molar refractivity (Wildman–Crippen MR) is 144 cm³/mol. The van der Waals surface area contributed by atoms with Crippen molar-refractivity contribution >= 4 is 67.1 Å². The zero-order chi connectivity index (χ0) is 27.6. The molecule has 0 spiro atoms. The maximum absolute atomic E-state index is 13.5. The molecule has 0 aliphatic carbocycles. The van der Waals surface area contributed by atoms with Gasteiger partial charge in [-0.15, -0.1) is 5.11 Å². The molecule has 0 aromatic heterocycles. The number of benzene rings is 4. The Bertz CT molecular complexity index is 1710. The van der Waals surface area contributed by atoms with E-state index in [0.717, 1.165) is 6.07 Å². The molecule has 0 radical (unpaired) electrons. The van der Waals surface area contributed by atoms with E-state index in [1.807, 2.05) is 0 Å². The van der Waals surface area contributed by atoms with Crippen LogP contribution in [0.25, 0.3) is 10.8 Å². The molecule has 0 bridgehead atoms. The number of aryl methyl sites for hydroxylation is 1. The van der Waals surface area contributed by atoms with Crippen LogP contribution >= 0.6 is 23.2 Å². The second-order valence-electron chi connectivity index (χ2n) is 8.04. The van der Waals surface area contributed by atoms with Crippen LogP contribution in [0.15, 0.2) is 75.8 Å². The van der Waals surface area contributed by atoms with Gasteiger partial charge in [0.1, 0.15) is 22.0 Å². The van der Waals surface area contributed by atoms with Crippen LogP contribution in [0, 0.1) is 6.92 Å². The number of carbonyl (C=O) groups excluding carboxylic acids is 1. The van der Waals surface area contributed by atoms with Gasteiger partial charge in [-0.2, -0.15) is 13.5 Å². The van der Waals surface area contributed by atoms with Gasteiger partial charge in [-0.25, -0.2) is 0 Å². The molecular formula is C26H20Cl2N3NaO6S. The number of carbonyl (C=O) groups is 1. The second-order valence-corrected chi connectivity index (χ2v) is 10.2. The van der Waals surface area contributed by atoms with Crippen LogP contribution in [0.1, 0.15) is 22.8 Å². The number of ether oxygens (including phenoxy) is 1. The first-order chi connectivity index (χ1) is 18.0. The van der Waals surface area contributed by atoms with Gasteiger partial charge in [-0.05, 0) is 49.1 Å². The van der Waals surface area contributed by atoms with Gasteiger partial charge >= 0.3 is 29.6 Å². The summed E-state index contributed by atoms with van der Waals surface area (Å²) in [7, 11) is -4.70. The summed E-state index contributed by atoms with van der Waals surface area (Å²) in [4.78, 5) is 12.7. The van der Waals surface area contributed by atoms with Crippen molar-refractivity contribution in [2.45, 2.75) is 18.7 Å². The molecule has 0 saturated heterocycles. The Balaban J connectivity index is 0.00000420. The van der Waals surface area contributed by atoms with Crippen molar-refractivity contribution in [1.82, 2.24) is 0 Å². The smallest absolute Gasteiger partial charge is 0.870 e. The minimum Gasteiger partial charge on any atom is -0.870 e. The summed E-state index contributed by atoms with van der Waals surface area (Å²) in [5, 5.41) is 25.1. The van der Waals surface area contributed by atoms with E-state index >= 15 is 0 Å². The molecule has 4 aromatic rings. The fraction of sp³-hybridized carbons (Fsp3) is 0.115. The van der Waals surface area contributed by atoms with Crippen molar-refractivity contribution in [1.29, 1.82) is 0 Å². The normalized spacial score (nSPS) is 11.4. The summed E-state index contributed by atoms with van der Waals surface area (Å²) >= 11 is 12.5. The van der Waals surface area contributed by atoms with E-state index < -0.39 is 26.7 Å². The van der Waals surface area contributed by atoms with Gasteiger partial charge in [0.2, 0.25) is 0 Å². The minimum absolute atomic E-state index is 0. The number of azo groups is 1. The maximum Gasteiger partial charge on any atom is 1.00 e. The van der Waals surface area contributed by atoms with Gasteiger partial charge in [0.25, 0.3) is 16.0 Å². The van der Waals surface area contributed by atoms with E-state index in [2.05, 4.69) is 15.5 Å². The first-order valence-corrected chi connectivity index (χ1v) is 13.4. The number of nitrogens with zero attached hydrogens (tertiary/aromatic N) is 2. The third-order valence-corrected chi connectivity index (χ3v) is 7.21. The Morgan fingerprint density at radius 2 is 1.74 bits per heavy atom. The fourth-order valence-corrected chi connectivity index (χ4v) is 4.81. The number of fused-ring (bicyclic) bond motifs is 1. The van der Waals surface area contributed by atoms with E-state index in [1.54, 1.807) is 56.3 Å². The number of nitrogens with one attached hydrogen (secondary N) is 1. The van der Waals surface area contributed by atoms with E-state index in [-0.39, 0.29) is 62.2 Å². The van der Waals surface area contributed by atoms with Crippen molar-refractivity contribution in [3.05, 3.63) is 81.8 Å². The van der Waals surface area contributed by atoms with Crippen molar-refractivity contribution in [2.75, 3.05) is 11.9 Å². The Hall–Kier alpha value is -2.70. The molecular weight excluding hydrogens is 576 g/mol. The monoisotopic (exact) mass is 595 g/mol. The van der Waals surface area contributed by atoms with E-state index in [1.165, 1.54) is 12.1 Å². The Morgan fingerprint density at radius 1 is 1.05 bits per heavy atom. The Kier molecular flexibility index (Phi) is 10.0. The average molecular weight is 596 g/mol. The third kappa shape index (κ3) is 6.55. The molecule has 0 saturated carbocycles. The van der Waals surface area contributed by atoms with Gasteiger partial charge in [0.05, 0.1) is 22.3 Å². The van der Waals surface area contributed by atoms with Crippen LogP contribution < -0.4 is 44.7 Å². The van der Waals surface area contributed by atoms with E-state index in [0.29, 0.717) is 28.7 Å². The molecule has 39 heavy (non-hydrogen) atoms. The van der Waals surface area contributed by atoms with Crippen LogP contribution in [0.2, 0.25) is 10.0 Å². The molecule has 13 heteroatoms. The number of hydrogen-bond donors (Lipinski definition) is 2. The molecule has 0 heterocycles. The third-order valence-electron chi connectivity index (χ3n) is 5.53. The van der Waals surface area contributed by atoms with Gasteiger partial charge in [-0.1, -0.05) is 65.3 Å². The number of anilines is 1. The first kappa shape index (κ1) is 30.8. The quantitative estimate of drug-likeness (QED) is 0.189.